The van der Waals surface area contributed by atoms with Gasteiger partial charge in [0.05, 0.1) is 5.39 Å². The number of hydrogen-bond acceptors (Lipinski definition) is 2. The van der Waals surface area contributed by atoms with Crippen LogP contribution in [0, 0.1) is 6.92 Å². The van der Waals surface area contributed by atoms with Gasteiger partial charge < -0.3 is 4.57 Å². The Morgan fingerprint density at radius 3 is 2.81 bits per heavy atom. The molecule has 82 valence electrons. The SMILES string of the molecule is Cc1nc(Cl)c2ccn(C3CC=CC3)c2n1. The second-order valence-corrected chi connectivity index (χ2v) is 4.48. The zero-order valence-electron chi connectivity index (χ0n) is 9.02. The summed E-state index contributed by atoms with van der Waals surface area (Å²) in [5.74, 6) is 0.725. The maximum Gasteiger partial charge on any atom is 0.145 e. The molecular formula is C12H12ClN3. The molecule has 2 aromatic heterocycles. The Kier molecular flexibility index (Phi) is 2.21. The predicted molar refractivity (Wildman–Crippen MR) is 64.7 cm³/mol. The summed E-state index contributed by atoms with van der Waals surface area (Å²) in [6.07, 6.45) is 8.63. The van der Waals surface area contributed by atoms with E-state index in [-0.39, 0.29) is 0 Å². The molecular weight excluding hydrogens is 222 g/mol. The number of aromatic nitrogens is 3. The average molecular weight is 234 g/mol. The van der Waals surface area contributed by atoms with Crippen LogP contribution >= 0.6 is 11.6 Å². The number of aryl methyl sites for hydroxylation is 1. The molecule has 0 fully saturated rings. The van der Waals surface area contributed by atoms with Crippen molar-refractivity contribution < 1.29 is 0 Å². The quantitative estimate of drug-likeness (QED) is 0.559. The van der Waals surface area contributed by atoms with E-state index in [1.165, 1.54) is 0 Å². The van der Waals surface area contributed by atoms with Gasteiger partial charge in [-0.1, -0.05) is 23.8 Å². The van der Waals surface area contributed by atoms with Crippen molar-refractivity contribution in [3.8, 4) is 0 Å². The monoisotopic (exact) mass is 233 g/mol. The lowest BCUT2D eigenvalue weighted by Crippen LogP contribution is -2.05. The van der Waals surface area contributed by atoms with Gasteiger partial charge in [-0.05, 0) is 25.8 Å². The number of fused-ring (bicyclic) bond motifs is 1. The zero-order chi connectivity index (χ0) is 11.1. The summed E-state index contributed by atoms with van der Waals surface area (Å²) in [6, 6.07) is 2.48. The van der Waals surface area contributed by atoms with E-state index in [1.54, 1.807) is 0 Å². The summed E-state index contributed by atoms with van der Waals surface area (Å²) in [7, 11) is 0. The second-order valence-electron chi connectivity index (χ2n) is 4.12. The smallest absolute Gasteiger partial charge is 0.145 e. The maximum absolute atomic E-state index is 6.10. The molecule has 16 heavy (non-hydrogen) atoms. The Morgan fingerprint density at radius 2 is 2.06 bits per heavy atom. The van der Waals surface area contributed by atoms with Crippen LogP contribution in [0.4, 0.5) is 0 Å². The van der Waals surface area contributed by atoms with Gasteiger partial charge in [0, 0.05) is 12.2 Å². The minimum absolute atomic E-state index is 0.489. The summed E-state index contributed by atoms with van der Waals surface area (Å²) in [5, 5.41) is 1.49. The number of nitrogens with zero attached hydrogens (tertiary/aromatic N) is 3. The molecule has 0 radical (unpaired) electrons. The van der Waals surface area contributed by atoms with Crippen LogP contribution in [0.1, 0.15) is 24.7 Å². The first-order valence-electron chi connectivity index (χ1n) is 5.41. The number of allylic oxidation sites excluding steroid dienone is 2. The van der Waals surface area contributed by atoms with Gasteiger partial charge in [-0.3, -0.25) is 0 Å². The summed E-state index contributed by atoms with van der Waals surface area (Å²) >= 11 is 6.10. The van der Waals surface area contributed by atoms with Crippen molar-refractivity contribution in [2.75, 3.05) is 0 Å². The molecule has 3 rings (SSSR count). The third kappa shape index (κ3) is 1.43. The second kappa shape index (κ2) is 3.59. The topological polar surface area (TPSA) is 30.7 Å². The van der Waals surface area contributed by atoms with E-state index < -0.39 is 0 Å². The Labute approximate surface area is 98.8 Å². The van der Waals surface area contributed by atoms with E-state index >= 15 is 0 Å². The van der Waals surface area contributed by atoms with Crippen molar-refractivity contribution in [2.45, 2.75) is 25.8 Å². The highest BCUT2D eigenvalue weighted by molar-refractivity contribution is 6.33. The zero-order valence-corrected chi connectivity index (χ0v) is 9.78. The van der Waals surface area contributed by atoms with Crippen molar-refractivity contribution in [1.29, 1.82) is 0 Å². The van der Waals surface area contributed by atoms with Gasteiger partial charge in [-0.15, -0.1) is 0 Å². The Balaban J connectivity index is 2.18. The van der Waals surface area contributed by atoms with E-state index in [1.807, 2.05) is 13.0 Å². The van der Waals surface area contributed by atoms with Gasteiger partial charge in [0.15, 0.2) is 0 Å². The number of halogens is 1. The van der Waals surface area contributed by atoms with E-state index in [9.17, 15) is 0 Å². The van der Waals surface area contributed by atoms with Crippen LogP contribution in [0.15, 0.2) is 24.4 Å². The van der Waals surface area contributed by atoms with Crippen molar-refractivity contribution >= 4 is 22.6 Å². The number of rotatable bonds is 1. The molecule has 3 nitrogen and oxygen atoms in total. The molecule has 0 unspecified atom stereocenters. The van der Waals surface area contributed by atoms with Crippen molar-refractivity contribution in [3.63, 3.8) is 0 Å². The van der Waals surface area contributed by atoms with Gasteiger partial charge in [0.2, 0.25) is 0 Å². The molecule has 0 saturated carbocycles. The summed E-state index contributed by atoms with van der Waals surface area (Å²) < 4.78 is 2.20. The highest BCUT2D eigenvalue weighted by Gasteiger charge is 2.16. The Bertz CT molecular complexity index is 563. The molecule has 0 saturated heterocycles. The first-order valence-corrected chi connectivity index (χ1v) is 5.79. The fourth-order valence-electron chi connectivity index (χ4n) is 2.22. The van der Waals surface area contributed by atoms with Crippen LogP contribution in [-0.2, 0) is 0 Å². The van der Waals surface area contributed by atoms with Crippen LogP contribution in [0.2, 0.25) is 5.15 Å². The van der Waals surface area contributed by atoms with Gasteiger partial charge in [0.25, 0.3) is 0 Å². The molecule has 0 N–H and O–H groups in total. The van der Waals surface area contributed by atoms with Crippen LogP contribution in [0.3, 0.4) is 0 Å². The minimum atomic E-state index is 0.489. The lowest BCUT2D eigenvalue weighted by atomic mass is 10.2. The third-order valence-electron chi connectivity index (χ3n) is 3.01. The predicted octanol–water partition coefficient (Wildman–Crippen LogP) is 3.28. The maximum atomic E-state index is 6.10. The molecule has 4 heteroatoms. The fraction of sp³-hybridized carbons (Fsp3) is 0.333. The van der Waals surface area contributed by atoms with E-state index in [0.717, 1.165) is 29.7 Å². The van der Waals surface area contributed by atoms with E-state index in [4.69, 9.17) is 11.6 Å². The summed E-state index contributed by atoms with van der Waals surface area (Å²) in [6.45, 7) is 1.87. The Hall–Kier alpha value is -1.35. The fourth-order valence-corrected chi connectivity index (χ4v) is 2.49. The largest absolute Gasteiger partial charge is 0.329 e. The van der Waals surface area contributed by atoms with Crippen LogP contribution < -0.4 is 0 Å². The molecule has 2 aromatic rings. The van der Waals surface area contributed by atoms with E-state index in [0.29, 0.717) is 11.2 Å². The molecule has 0 amide bonds. The summed E-state index contributed by atoms with van der Waals surface area (Å²) in [4.78, 5) is 8.65. The molecule has 0 aromatic carbocycles. The normalized spacial score (nSPS) is 16.4. The molecule has 1 aliphatic carbocycles. The van der Waals surface area contributed by atoms with Crippen LogP contribution in [0.25, 0.3) is 11.0 Å². The molecule has 0 spiro atoms. The standard InChI is InChI=1S/C12H12ClN3/c1-8-14-11(13)10-6-7-16(12(10)15-8)9-4-2-3-5-9/h2-3,6-7,9H,4-5H2,1H3. The van der Waals surface area contributed by atoms with Gasteiger partial charge >= 0.3 is 0 Å². The minimum Gasteiger partial charge on any atom is -0.329 e. The first-order chi connectivity index (χ1) is 7.75. The molecule has 0 atom stereocenters. The highest BCUT2D eigenvalue weighted by atomic mass is 35.5. The van der Waals surface area contributed by atoms with Crippen molar-refractivity contribution in [2.24, 2.45) is 0 Å². The van der Waals surface area contributed by atoms with Crippen LogP contribution in [0.5, 0.6) is 0 Å². The third-order valence-corrected chi connectivity index (χ3v) is 3.30. The molecule has 2 heterocycles. The van der Waals surface area contributed by atoms with E-state index in [2.05, 4.69) is 32.9 Å². The van der Waals surface area contributed by atoms with Crippen molar-refractivity contribution in [1.82, 2.24) is 14.5 Å². The average Bonchev–Trinajstić information content (AvgIpc) is 2.83. The Morgan fingerprint density at radius 1 is 1.31 bits per heavy atom. The van der Waals surface area contributed by atoms with Gasteiger partial charge in [0.1, 0.15) is 16.6 Å². The van der Waals surface area contributed by atoms with Gasteiger partial charge in [-0.25, -0.2) is 9.97 Å². The lowest BCUT2D eigenvalue weighted by Gasteiger charge is -2.12. The molecule has 0 aliphatic heterocycles. The highest BCUT2D eigenvalue weighted by Crippen LogP contribution is 2.29. The molecule has 0 bridgehead atoms. The molecule has 1 aliphatic rings. The first kappa shape index (κ1) is 9.85. The summed E-state index contributed by atoms with van der Waals surface area (Å²) in [5.41, 5.74) is 0.950. The number of hydrogen-bond donors (Lipinski definition) is 0. The van der Waals surface area contributed by atoms with Crippen LogP contribution in [-0.4, -0.2) is 14.5 Å². The van der Waals surface area contributed by atoms with Gasteiger partial charge in [-0.2, -0.15) is 0 Å². The van der Waals surface area contributed by atoms with Crippen molar-refractivity contribution in [3.05, 3.63) is 35.4 Å². The lowest BCUT2D eigenvalue weighted by molar-refractivity contribution is 0.550.